The maximum atomic E-state index is 13.1. The molecule has 1 aliphatic rings. The minimum atomic E-state index is 0. The Morgan fingerprint density at radius 2 is 1.64 bits per heavy atom. The van der Waals surface area contributed by atoms with Crippen LogP contribution in [0.25, 0.3) is 0 Å². The van der Waals surface area contributed by atoms with Crippen molar-refractivity contribution < 1.29 is 4.79 Å². The average Bonchev–Trinajstić information content (AvgIpc) is 3.18. The normalized spacial score (nSPS) is 13.5. The molecule has 1 saturated heterocycles. The summed E-state index contributed by atoms with van der Waals surface area (Å²) in [6.45, 7) is 5.15. The highest BCUT2D eigenvalue weighted by Crippen LogP contribution is 2.16. The van der Waals surface area contributed by atoms with E-state index < -0.39 is 0 Å². The number of nitrogens with two attached hydrogens (primary N) is 1. The zero-order valence-corrected chi connectivity index (χ0v) is 17.9. The van der Waals surface area contributed by atoms with Crippen molar-refractivity contribution in [3.8, 4) is 0 Å². The van der Waals surface area contributed by atoms with E-state index >= 15 is 0 Å². The first-order chi connectivity index (χ1) is 12.8. The Bertz CT molecular complexity index is 706. The van der Waals surface area contributed by atoms with Crippen molar-refractivity contribution in [2.75, 3.05) is 26.2 Å². The Morgan fingerprint density at radius 1 is 0.964 bits per heavy atom. The number of benzene rings is 2. The lowest BCUT2D eigenvalue weighted by Crippen LogP contribution is -2.32. The summed E-state index contributed by atoms with van der Waals surface area (Å²) >= 11 is 0. The first kappa shape index (κ1) is 24.4. The van der Waals surface area contributed by atoms with Crippen LogP contribution in [0.2, 0.25) is 0 Å². The standard InChI is InChI=1S/C22H29N3O.2ClH/c23-12-7-15-25(18-19-8-2-1-3-9-19)22(26)21-11-6-10-20(16-21)17-24-13-4-5-14-24;;/h1-3,6,8-11,16H,4-5,7,12-15,17-18,23H2;2*1H. The Balaban J connectivity index is 0.00000196. The molecule has 1 aliphatic heterocycles. The van der Waals surface area contributed by atoms with Crippen LogP contribution in [0.5, 0.6) is 0 Å². The number of nitrogens with zero attached hydrogens (tertiary/aromatic N) is 2. The lowest BCUT2D eigenvalue weighted by atomic mass is 10.1. The second-order valence-electron chi connectivity index (χ2n) is 7.04. The molecular weight excluding hydrogens is 393 g/mol. The van der Waals surface area contributed by atoms with Crippen LogP contribution in [0, 0.1) is 0 Å². The van der Waals surface area contributed by atoms with Crippen LogP contribution in [-0.4, -0.2) is 41.9 Å². The second kappa shape index (κ2) is 12.8. The SMILES string of the molecule is Cl.Cl.NCCCN(Cc1ccccc1)C(=O)c1cccc(CN2CCCC2)c1. The molecule has 3 rings (SSSR count). The highest BCUT2D eigenvalue weighted by atomic mass is 35.5. The van der Waals surface area contributed by atoms with Crippen LogP contribution in [0.15, 0.2) is 54.6 Å². The average molecular weight is 424 g/mol. The van der Waals surface area contributed by atoms with Gasteiger partial charge < -0.3 is 10.6 Å². The van der Waals surface area contributed by atoms with Gasteiger partial charge in [-0.15, -0.1) is 24.8 Å². The molecule has 0 aliphatic carbocycles. The minimum absolute atomic E-state index is 0. The van der Waals surface area contributed by atoms with E-state index in [1.807, 2.05) is 35.2 Å². The quantitative estimate of drug-likeness (QED) is 0.694. The van der Waals surface area contributed by atoms with Gasteiger partial charge in [-0.1, -0.05) is 42.5 Å². The van der Waals surface area contributed by atoms with Crippen molar-refractivity contribution in [1.82, 2.24) is 9.80 Å². The fourth-order valence-electron chi connectivity index (χ4n) is 3.52. The van der Waals surface area contributed by atoms with Gasteiger partial charge >= 0.3 is 0 Å². The largest absolute Gasteiger partial charge is 0.334 e. The van der Waals surface area contributed by atoms with Crippen LogP contribution in [0.4, 0.5) is 0 Å². The molecule has 28 heavy (non-hydrogen) atoms. The first-order valence-corrected chi connectivity index (χ1v) is 9.61. The number of rotatable bonds is 8. The molecular formula is C22H31Cl2N3O. The number of halogens is 2. The molecule has 1 heterocycles. The third-order valence-electron chi connectivity index (χ3n) is 4.91. The zero-order valence-electron chi connectivity index (χ0n) is 16.3. The van der Waals surface area contributed by atoms with Crippen molar-refractivity contribution in [3.05, 3.63) is 71.3 Å². The van der Waals surface area contributed by atoms with Gasteiger partial charge in [0.2, 0.25) is 0 Å². The van der Waals surface area contributed by atoms with Crippen LogP contribution in [0.1, 0.15) is 40.7 Å². The molecule has 0 atom stereocenters. The Morgan fingerprint density at radius 3 is 2.32 bits per heavy atom. The Hall–Kier alpha value is -1.59. The van der Waals surface area contributed by atoms with Crippen molar-refractivity contribution >= 4 is 30.7 Å². The smallest absolute Gasteiger partial charge is 0.254 e. The van der Waals surface area contributed by atoms with Crippen LogP contribution in [0.3, 0.4) is 0 Å². The van der Waals surface area contributed by atoms with E-state index in [0.29, 0.717) is 19.6 Å². The van der Waals surface area contributed by atoms with Crippen molar-refractivity contribution in [2.45, 2.75) is 32.4 Å². The fraction of sp³-hybridized carbons (Fsp3) is 0.409. The van der Waals surface area contributed by atoms with Gasteiger partial charge in [-0.25, -0.2) is 0 Å². The van der Waals surface area contributed by atoms with E-state index in [1.165, 1.54) is 18.4 Å². The summed E-state index contributed by atoms with van der Waals surface area (Å²) in [6.07, 6.45) is 3.37. The number of hydrogen-bond donors (Lipinski definition) is 1. The van der Waals surface area contributed by atoms with E-state index in [9.17, 15) is 4.79 Å². The van der Waals surface area contributed by atoms with Gasteiger partial charge in [0.15, 0.2) is 0 Å². The molecule has 1 fully saturated rings. The summed E-state index contributed by atoms with van der Waals surface area (Å²) in [7, 11) is 0. The molecule has 0 saturated carbocycles. The lowest BCUT2D eigenvalue weighted by Gasteiger charge is -2.23. The maximum Gasteiger partial charge on any atom is 0.254 e. The topological polar surface area (TPSA) is 49.6 Å². The number of amides is 1. The molecule has 0 aromatic heterocycles. The molecule has 2 aromatic carbocycles. The monoisotopic (exact) mass is 423 g/mol. The van der Waals surface area contributed by atoms with Crippen molar-refractivity contribution in [2.24, 2.45) is 5.73 Å². The summed E-state index contributed by atoms with van der Waals surface area (Å²) in [5, 5.41) is 0. The van der Waals surface area contributed by atoms with Gasteiger partial charge in [-0.05, 0) is 62.2 Å². The van der Waals surface area contributed by atoms with Gasteiger partial charge in [-0.3, -0.25) is 9.69 Å². The van der Waals surface area contributed by atoms with Crippen molar-refractivity contribution in [3.63, 3.8) is 0 Å². The molecule has 0 bridgehead atoms. The molecule has 6 heteroatoms. The highest BCUT2D eigenvalue weighted by Gasteiger charge is 2.17. The van der Waals surface area contributed by atoms with E-state index in [-0.39, 0.29) is 30.7 Å². The number of carbonyl (C=O) groups is 1. The highest BCUT2D eigenvalue weighted by molar-refractivity contribution is 5.94. The molecule has 2 N–H and O–H groups in total. The van der Waals surface area contributed by atoms with E-state index in [4.69, 9.17) is 5.73 Å². The predicted molar refractivity (Wildman–Crippen MR) is 120 cm³/mol. The second-order valence-corrected chi connectivity index (χ2v) is 7.04. The van der Waals surface area contributed by atoms with Gasteiger partial charge in [0.05, 0.1) is 0 Å². The van der Waals surface area contributed by atoms with Crippen LogP contribution in [-0.2, 0) is 13.1 Å². The predicted octanol–water partition coefficient (Wildman–Crippen LogP) is 4.12. The first-order valence-electron chi connectivity index (χ1n) is 9.61. The zero-order chi connectivity index (χ0) is 18.2. The molecule has 1 amide bonds. The lowest BCUT2D eigenvalue weighted by molar-refractivity contribution is 0.0742. The third-order valence-corrected chi connectivity index (χ3v) is 4.91. The van der Waals surface area contributed by atoms with E-state index in [0.717, 1.165) is 37.2 Å². The molecule has 4 nitrogen and oxygen atoms in total. The third kappa shape index (κ3) is 7.10. The molecule has 0 spiro atoms. The van der Waals surface area contributed by atoms with Crippen LogP contribution >= 0.6 is 24.8 Å². The summed E-state index contributed by atoms with van der Waals surface area (Å²) < 4.78 is 0. The molecule has 154 valence electrons. The Labute approximate surface area is 180 Å². The van der Waals surface area contributed by atoms with Crippen molar-refractivity contribution in [1.29, 1.82) is 0 Å². The molecule has 2 aromatic rings. The summed E-state index contributed by atoms with van der Waals surface area (Å²) in [4.78, 5) is 17.5. The summed E-state index contributed by atoms with van der Waals surface area (Å²) in [5.74, 6) is 0.0885. The van der Waals surface area contributed by atoms with Gasteiger partial charge in [0.1, 0.15) is 0 Å². The van der Waals surface area contributed by atoms with E-state index in [1.54, 1.807) is 0 Å². The van der Waals surface area contributed by atoms with E-state index in [2.05, 4.69) is 29.2 Å². The number of likely N-dealkylation sites (tertiary alicyclic amines) is 1. The fourth-order valence-corrected chi connectivity index (χ4v) is 3.52. The van der Waals surface area contributed by atoms with Gasteiger partial charge in [0.25, 0.3) is 5.91 Å². The van der Waals surface area contributed by atoms with Gasteiger partial charge in [-0.2, -0.15) is 0 Å². The Kier molecular flexibility index (Phi) is 11.2. The number of hydrogen-bond acceptors (Lipinski definition) is 3. The maximum absolute atomic E-state index is 13.1. The van der Waals surface area contributed by atoms with Gasteiger partial charge in [0, 0.05) is 25.2 Å². The minimum Gasteiger partial charge on any atom is -0.334 e. The number of carbonyl (C=O) groups excluding carboxylic acids is 1. The summed E-state index contributed by atoms with van der Waals surface area (Å²) in [5.41, 5.74) is 8.82. The molecule has 0 unspecified atom stereocenters. The summed E-state index contributed by atoms with van der Waals surface area (Å²) in [6, 6.07) is 18.3. The van der Waals surface area contributed by atoms with Crippen LogP contribution < -0.4 is 5.73 Å². The molecule has 0 radical (unpaired) electrons.